The van der Waals surface area contributed by atoms with Crippen LogP contribution in [0.1, 0.15) is 45.4 Å². The zero-order valence-electron chi connectivity index (χ0n) is 8.84. The maximum Gasteiger partial charge on any atom is 0.236 e. The summed E-state index contributed by atoms with van der Waals surface area (Å²) in [4.78, 5) is 21.4. The van der Waals surface area contributed by atoms with E-state index in [0.29, 0.717) is 6.42 Å². The Kier molecular flexibility index (Phi) is 7.89. The molecule has 0 radical (unpaired) electrons. The van der Waals surface area contributed by atoms with Gasteiger partial charge < -0.3 is 11.1 Å². The molecule has 0 saturated heterocycles. The van der Waals surface area contributed by atoms with Gasteiger partial charge in [0.15, 0.2) is 0 Å². The van der Waals surface area contributed by atoms with Gasteiger partial charge >= 0.3 is 0 Å². The molecule has 0 aliphatic heterocycles. The lowest BCUT2D eigenvalue weighted by Gasteiger charge is -2.02. The molecule has 0 saturated carbocycles. The zero-order chi connectivity index (χ0) is 10.8. The second-order valence-corrected chi connectivity index (χ2v) is 3.41. The third-order valence-corrected chi connectivity index (χ3v) is 1.97. The summed E-state index contributed by atoms with van der Waals surface area (Å²) in [5.74, 6) is -0.579. The lowest BCUT2D eigenvalue weighted by atomic mass is 10.1. The van der Waals surface area contributed by atoms with Crippen LogP contribution in [0, 0.1) is 0 Å². The molecule has 0 rings (SSSR count). The van der Waals surface area contributed by atoms with Crippen LogP contribution in [0.5, 0.6) is 0 Å². The van der Waals surface area contributed by atoms with E-state index in [4.69, 9.17) is 5.73 Å². The van der Waals surface area contributed by atoms with E-state index in [1.165, 1.54) is 19.3 Å². The molecule has 0 spiro atoms. The van der Waals surface area contributed by atoms with Gasteiger partial charge in [-0.2, -0.15) is 0 Å². The highest BCUT2D eigenvalue weighted by Gasteiger charge is 2.01. The highest BCUT2D eigenvalue weighted by atomic mass is 16.2. The number of nitrogens with one attached hydrogen (secondary N) is 1. The molecule has 0 atom stereocenters. The quantitative estimate of drug-likeness (QED) is 0.572. The number of amides is 2. The summed E-state index contributed by atoms with van der Waals surface area (Å²) in [6, 6.07) is 0. The minimum atomic E-state index is -0.496. The zero-order valence-corrected chi connectivity index (χ0v) is 8.84. The SMILES string of the molecule is CCCCCCCC(=O)NCC(N)=O. The molecule has 0 aliphatic carbocycles. The van der Waals surface area contributed by atoms with Gasteiger partial charge in [0.25, 0.3) is 0 Å². The van der Waals surface area contributed by atoms with Crippen LogP contribution in [-0.2, 0) is 9.59 Å². The fraction of sp³-hybridized carbons (Fsp3) is 0.800. The van der Waals surface area contributed by atoms with Gasteiger partial charge in [-0.3, -0.25) is 9.59 Å². The number of hydrogen-bond donors (Lipinski definition) is 2. The highest BCUT2D eigenvalue weighted by Crippen LogP contribution is 2.04. The Labute approximate surface area is 85.2 Å². The number of unbranched alkanes of at least 4 members (excludes halogenated alkanes) is 4. The van der Waals surface area contributed by atoms with Crippen molar-refractivity contribution in [3.63, 3.8) is 0 Å². The van der Waals surface area contributed by atoms with Crippen molar-refractivity contribution in [2.45, 2.75) is 45.4 Å². The van der Waals surface area contributed by atoms with E-state index < -0.39 is 5.91 Å². The topological polar surface area (TPSA) is 72.2 Å². The van der Waals surface area contributed by atoms with Crippen molar-refractivity contribution in [3.8, 4) is 0 Å². The van der Waals surface area contributed by atoms with Crippen LogP contribution in [-0.4, -0.2) is 18.4 Å². The number of rotatable bonds is 8. The lowest BCUT2D eigenvalue weighted by molar-refractivity contribution is -0.124. The molecule has 0 aromatic heterocycles. The first-order valence-corrected chi connectivity index (χ1v) is 5.21. The number of primary amides is 1. The monoisotopic (exact) mass is 200 g/mol. The Hall–Kier alpha value is -1.06. The van der Waals surface area contributed by atoms with E-state index in [-0.39, 0.29) is 12.5 Å². The predicted octanol–water partition coefficient (Wildman–Crippen LogP) is 0.948. The summed E-state index contributed by atoms with van der Waals surface area (Å²) in [6.07, 6.45) is 6.08. The van der Waals surface area contributed by atoms with Gasteiger partial charge in [0, 0.05) is 6.42 Å². The minimum absolute atomic E-state index is 0.0478. The summed E-state index contributed by atoms with van der Waals surface area (Å²) < 4.78 is 0. The Morgan fingerprint density at radius 1 is 1.14 bits per heavy atom. The predicted molar refractivity (Wildman–Crippen MR) is 55.6 cm³/mol. The first kappa shape index (κ1) is 12.9. The number of carbonyl (C=O) groups is 2. The van der Waals surface area contributed by atoms with E-state index >= 15 is 0 Å². The van der Waals surface area contributed by atoms with E-state index in [2.05, 4.69) is 12.2 Å². The number of hydrogen-bond acceptors (Lipinski definition) is 2. The van der Waals surface area contributed by atoms with Crippen molar-refractivity contribution in [1.82, 2.24) is 5.32 Å². The van der Waals surface area contributed by atoms with E-state index in [9.17, 15) is 9.59 Å². The fourth-order valence-corrected chi connectivity index (χ4v) is 1.16. The van der Waals surface area contributed by atoms with E-state index in [1.54, 1.807) is 0 Å². The molecule has 82 valence electrons. The molecule has 2 amide bonds. The molecular formula is C10H20N2O2. The molecular weight excluding hydrogens is 180 g/mol. The summed E-state index contributed by atoms with van der Waals surface area (Å²) >= 11 is 0. The van der Waals surface area contributed by atoms with E-state index in [1.807, 2.05) is 0 Å². The lowest BCUT2D eigenvalue weighted by Crippen LogP contribution is -2.33. The summed E-state index contributed by atoms with van der Waals surface area (Å²) in [5, 5.41) is 2.46. The molecule has 0 bridgehead atoms. The molecule has 14 heavy (non-hydrogen) atoms. The van der Waals surface area contributed by atoms with Gasteiger partial charge in [-0.1, -0.05) is 32.6 Å². The molecule has 4 heteroatoms. The van der Waals surface area contributed by atoms with Gasteiger partial charge in [0.05, 0.1) is 6.54 Å². The average Bonchev–Trinajstić information content (AvgIpc) is 2.14. The maximum absolute atomic E-state index is 11.1. The molecule has 0 aromatic carbocycles. The van der Waals surface area contributed by atoms with Gasteiger partial charge in [0.1, 0.15) is 0 Å². The van der Waals surface area contributed by atoms with Crippen LogP contribution in [0.25, 0.3) is 0 Å². The smallest absolute Gasteiger partial charge is 0.236 e. The van der Waals surface area contributed by atoms with Crippen LogP contribution in [0.3, 0.4) is 0 Å². The summed E-state index contributed by atoms with van der Waals surface area (Å²) in [5.41, 5.74) is 4.88. The summed E-state index contributed by atoms with van der Waals surface area (Å²) in [6.45, 7) is 2.10. The molecule has 0 aromatic rings. The minimum Gasteiger partial charge on any atom is -0.368 e. The first-order chi connectivity index (χ1) is 6.66. The van der Waals surface area contributed by atoms with Crippen molar-refractivity contribution < 1.29 is 9.59 Å². The maximum atomic E-state index is 11.1. The van der Waals surface area contributed by atoms with E-state index in [0.717, 1.165) is 12.8 Å². The first-order valence-electron chi connectivity index (χ1n) is 5.21. The molecule has 0 fully saturated rings. The van der Waals surface area contributed by atoms with Crippen molar-refractivity contribution in [3.05, 3.63) is 0 Å². The normalized spacial score (nSPS) is 9.79. The Balaban J connectivity index is 3.22. The van der Waals surface area contributed by atoms with Crippen LogP contribution < -0.4 is 11.1 Å². The van der Waals surface area contributed by atoms with Crippen molar-refractivity contribution >= 4 is 11.8 Å². The highest BCUT2D eigenvalue weighted by molar-refractivity contribution is 5.83. The van der Waals surface area contributed by atoms with Gasteiger partial charge in [-0.25, -0.2) is 0 Å². The molecule has 0 heterocycles. The van der Waals surface area contributed by atoms with Gasteiger partial charge in [0.2, 0.25) is 11.8 Å². The second-order valence-electron chi connectivity index (χ2n) is 3.41. The van der Waals surface area contributed by atoms with Crippen LogP contribution in [0.2, 0.25) is 0 Å². The Morgan fingerprint density at radius 2 is 1.79 bits per heavy atom. The third-order valence-electron chi connectivity index (χ3n) is 1.97. The largest absolute Gasteiger partial charge is 0.368 e. The van der Waals surface area contributed by atoms with Crippen molar-refractivity contribution in [2.24, 2.45) is 5.73 Å². The second kappa shape index (κ2) is 8.53. The Morgan fingerprint density at radius 3 is 2.36 bits per heavy atom. The average molecular weight is 200 g/mol. The fourth-order valence-electron chi connectivity index (χ4n) is 1.16. The van der Waals surface area contributed by atoms with Gasteiger partial charge in [-0.15, -0.1) is 0 Å². The van der Waals surface area contributed by atoms with Crippen LogP contribution >= 0.6 is 0 Å². The van der Waals surface area contributed by atoms with Crippen molar-refractivity contribution in [2.75, 3.05) is 6.54 Å². The third kappa shape index (κ3) is 9.03. The molecule has 3 N–H and O–H groups in total. The van der Waals surface area contributed by atoms with Gasteiger partial charge in [-0.05, 0) is 6.42 Å². The van der Waals surface area contributed by atoms with Crippen molar-refractivity contribution in [1.29, 1.82) is 0 Å². The molecule has 0 unspecified atom stereocenters. The Bertz CT molecular complexity index is 181. The van der Waals surface area contributed by atoms with Crippen LogP contribution in [0.15, 0.2) is 0 Å². The standard InChI is InChI=1S/C10H20N2O2/c1-2-3-4-5-6-7-10(14)12-8-9(11)13/h2-8H2,1H3,(H2,11,13)(H,12,14). The molecule has 0 aliphatic rings. The summed E-state index contributed by atoms with van der Waals surface area (Å²) in [7, 11) is 0. The number of carbonyl (C=O) groups excluding carboxylic acids is 2. The number of nitrogens with two attached hydrogens (primary N) is 1. The molecule has 4 nitrogen and oxygen atoms in total. The van der Waals surface area contributed by atoms with Crippen LogP contribution in [0.4, 0.5) is 0 Å².